The predicted octanol–water partition coefficient (Wildman–Crippen LogP) is 0.543. The lowest BCUT2D eigenvalue weighted by Gasteiger charge is -2.19. The van der Waals surface area contributed by atoms with Crippen LogP contribution < -0.4 is 9.64 Å². The van der Waals surface area contributed by atoms with Crippen molar-refractivity contribution in [2.75, 3.05) is 32.9 Å². The number of aliphatic hydroxyl groups is 2. The fourth-order valence-electron chi connectivity index (χ4n) is 2.20. The highest BCUT2D eigenvalue weighted by molar-refractivity contribution is 5.36. The molecule has 3 N–H and O–H groups in total. The SMILES string of the molecule is CCCCOc1ccc(C)cc1C[NH+](CCO)CCO. The van der Waals surface area contributed by atoms with Gasteiger partial charge >= 0.3 is 0 Å². The first-order valence-electron chi connectivity index (χ1n) is 7.48. The molecule has 0 bridgehead atoms. The molecule has 0 aromatic heterocycles. The summed E-state index contributed by atoms with van der Waals surface area (Å²) in [5.74, 6) is 0.928. The maximum atomic E-state index is 9.10. The summed E-state index contributed by atoms with van der Waals surface area (Å²) in [7, 11) is 0. The fourth-order valence-corrected chi connectivity index (χ4v) is 2.20. The number of quaternary nitrogens is 1. The minimum Gasteiger partial charge on any atom is -0.493 e. The maximum absolute atomic E-state index is 9.10. The van der Waals surface area contributed by atoms with Gasteiger partial charge in [0.2, 0.25) is 0 Å². The molecule has 1 aromatic carbocycles. The number of hydrogen-bond acceptors (Lipinski definition) is 3. The van der Waals surface area contributed by atoms with Crippen LogP contribution in [0.3, 0.4) is 0 Å². The Morgan fingerprint density at radius 1 is 1.15 bits per heavy atom. The van der Waals surface area contributed by atoms with E-state index in [0.29, 0.717) is 13.1 Å². The molecule has 114 valence electrons. The van der Waals surface area contributed by atoms with Gasteiger partial charge in [-0.25, -0.2) is 0 Å². The molecule has 0 amide bonds. The Bertz CT molecular complexity index is 376. The van der Waals surface area contributed by atoms with Gasteiger partial charge in [-0.15, -0.1) is 0 Å². The number of aliphatic hydroxyl groups excluding tert-OH is 2. The highest BCUT2D eigenvalue weighted by Gasteiger charge is 2.13. The summed E-state index contributed by atoms with van der Waals surface area (Å²) in [6.07, 6.45) is 2.17. The van der Waals surface area contributed by atoms with E-state index in [1.54, 1.807) is 0 Å². The Morgan fingerprint density at radius 3 is 2.45 bits per heavy atom. The number of aryl methyl sites for hydroxylation is 1. The van der Waals surface area contributed by atoms with Crippen LogP contribution in [0.1, 0.15) is 30.9 Å². The summed E-state index contributed by atoms with van der Waals surface area (Å²) < 4.78 is 5.85. The highest BCUT2D eigenvalue weighted by Crippen LogP contribution is 2.19. The number of unbranched alkanes of at least 4 members (excludes halogenated alkanes) is 1. The van der Waals surface area contributed by atoms with Crippen molar-refractivity contribution < 1.29 is 19.8 Å². The Kier molecular flexibility index (Phi) is 8.26. The van der Waals surface area contributed by atoms with Gasteiger partial charge in [0, 0.05) is 5.56 Å². The molecule has 0 fully saturated rings. The molecule has 0 unspecified atom stereocenters. The van der Waals surface area contributed by atoms with Gasteiger partial charge in [0.15, 0.2) is 0 Å². The standard InChI is InChI=1S/C16H27NO3/c1-3-4-11-20-16-6-5-14(2)12-15(16)13-17(7-9-18)8-10-19/h5-6,12,18-19H,3-4,7-11,13H2,1-2H3/p+1. The molecule has 1 rings (SSSR count). The van der Waals surface area contributed by atoms with Crippen LogP contribution in [0.25, 0.3) is 0 Å². The zero-order chi connectivity index (χ0) is 14.8. The molecule has 0 aliphatic carbocycles. The zero-order valence-corrected chi connectivity index (χ0v) is 12.7. The van der Waals surface area contributed by atoms with Gasteiger partial charge in [-0.1, -0.05) is 25.0 Å². The summed E-state index contributed by atoms with van der Waals surface area (Å²) >= 11 is 0. The molecular formula is C16H28NO3+. The molecule has 0 aliphatic rings. The predicted molar refractivity (Wildman–Crippen MR) is 80.2 cm³/mol. The summed E-state index contributed by atoms with van der Waals surface area (Å²) in [5, 5.41) is 18.2. The first-order valence-corrected chi connectivity index (χ1v) is 7.48. The van der Waals surface area contributed by atoms with Gasteiger partial charge < -0.3 is 19.8 Å². The van der Waals surface area contributed by atoms with Crippen molar-refractivity contribution in [3.05, 3.63) is 29.3 Å². The van der Waals surface area contributed by atoms with E-state index < -0.39 is 0 Å². The van der Waals surface area contributed by atoms with Crippen LogP contribution in [-0.4, -0.2) is 43.1 Å². The molecule has 20 heavy (non-hydrogen) atoms. The summed E-state index contributed by atoms with van der Waals surface area (Å²) in [6.45, 7) is 7.27. The van der Waals surface area contributed by atoms with E-state index >= 15 is 0 Å². The number of nitrogens with one attached hydrogen (secondary N) is 1. The minimum atomic E-state index is 0.132. The molecular weight excluding hydrogens is 254 g/mol. The molecule has 1 aromatic rings. The fraction of sp³-hybridized carbons (Fsp3) is 0.625. The van der Waals surface area contributed by atoms with Gasteiger partial charge in [0.1, 0.15) is 25.4 Å². The van der Waals surface area contributed by atoms with E-state index in [1.807, 2.05) is 6.07 Å². The van der Waals surface area contributed by atoms with Crippen LogP contribution in [0.15, 0.2) is 18.2 Å². The van der Waals surface area contributed by atoms with Crippen molar-refractivity contribution in [1.82, 2.24) is 0 Å². The first kappa shape index (κ1) is 17.0. The molecule has 4 nitrogen and oxygen atoms in total. The Morgan fingerprint density at radius 2 is 1.85 bits per heavy atom. The van der Waals surface area contributed by atoms with Crippen LogP contribution in [0, 0.1) is 6.92 Å². The second kappa shape index (κ2) is 9.75. The van der Waals surface area contributed by atoms with Crippen LogP contribution in [0.2, 0.25) is 0 Å². The van der Waals surface area contributed by atoms with Crippen LogP contribution in [0.5, 0.6) is 5.75 Å². The molecule has 0 spiro atoms. The average molecular weight is 282 g/mol. The molecule has 0 radical (unpaired) electrons. The van der Waals surface area contributed by atoms with Crippen molar-refractivity contribution >= 4 is 0 Å². The van der Waals surface area contributed by atoms with E-state index in [0.717, 1.165) is 37.3 Å². The number of benzene rings is 1. The van der Waals surface area contributed by atoms with Crippen molar-refractivity contribution in [2.45, 2.75) is 33.2 Å². The Balaban J connectivity index is 2.75. The molecule has 4 heteroatoms. The van der Waals surface area contributed by atoms with E-state index in [-0.39, 0.29) is 13.2 Å². The van der Waals surface area contributed by atoms with Gasteiger partial charge in [-0.2, -0.15) is 0 Å². The number of rotatable bonds is 10. The molecule has 0 aliphatic heterocycles. The zero-order valence-electron chi connectivity index (χ0n) is 12.7. The van der Waals surface area contributed by atoms with Crippen molar-refractivity contribution in [3.63, 3.8) is 0 Å². The lowest BCUT2D eigenvalue weighted by molar-refractivity contribution is -0.914. The van der Waals surface area contributed by atoms with E-state index in [1.165, 1.54) is 10.5 Å². The van der Waals surface area contributed by atoms with Gasteiger partial charge in [-0.05, 0) is 25.5 Å². The van der Waals surface area contributed by atoms with Gasteiger partial charge in [0.25, 0.3) is 0 Å². The third-order valence-electron chi connectivity index (χ3n) is 3.34. The topological polar surface area (TPSA) is 54.1 Å². The second-order valence-electron chi connectivity index (χ2n) is 5.19. The third-order valence-corrected chi connectivity index (χ3v) is 3.34. The van der Waals surface area contributed by atoms with Crippen molar-refractivity contribution in [3.8, 4) is 5.75 Å². The maximum Gasteiger partial charge on any atom is 0.128 e. The molecule has 0 heterocycles. The Labute approximate surface area is 122 Å². The summed E-state index contributed by atoms with van der Waals surface area (Å²) in [4.78, 5) is 1.17. The Hall–Kier alpha value is -1.10. The normalized spacial score (nSPS) is 11.1. The van der Waals surface area contributed by atoms with E-state index in [9.17, 15) is 0 Å². The van der Waals surface area contributed by atoms with Crippen LogP contribution in [-0.2, 0) is 6.54 Å². The lowest BCUT2D eigenvalue weighted by atomic mass is 10.1. The van der Waals surface area contributed by atoms with Gasteiger partial charge in [-0.3, -0.25) is 0 Å². The quantitative estimate of drug-likeness (QED) is 0.549. The van der Waals surface area contributed by atoms with Crippen molar-refractivity contribution in [1.29, 1.82) is 0 Å². The molecule has 0 saturated heterocycles. The van der Waals surface area contributed by atoms with Gasteiger partial charge in [0.05, 0.1) is 19.8 Å². The average Bonchev–Trinajstić information content (AvgIpc) is 2.42. The number of hydrogen-bond donors (Lipinski definition) is 3. The van der Waals surface area contributed by atoms with Crippen LogP contribution >= 0.6 is 0 Å². The first-order chi connectivity index (χ1) is 9.71. The van der Waals surface area contributed by atoms with E-state index in [2.05, 4.69) is 26.0 Å². The lowest BCUT2D eigenvalue weighted by Crippen LogP contribution is -3.11. The molecule has 0 atom stereocenters. The number of ether oxygens (including phenoxy) is 1. The van der Waals surface area contributed by atoms with Crippen LogP contribution in [0.4, 0.5) is 0 Å². The largest absolute Gasteiger partial charge is 0.493 e. The summed E-state index contributed by atoms with van der Waals surface area (Å²) in [6, 6.07) is 6.22. The third kappa shape index (κ3) is 5.90. The second-order valence-corrected chi connectivity index (χ2v) is 5.19. The van der Waals surface area contributed by atoms with E-state index in [4.69, 9.17) is 14.9 Å². The minimum absolute atomic E-state index is 0.132. The highest BCUT2D eigenvalue weighted by atomic mass is 16.5. The van der Waals surface area contributed by atoms with Crippen molar-refractivity contribution in [2.24, 2.45) is 0 Å². The monoisotopic (exact) mass is 282 g/mol. The summed E-state index contributed by atoms with van der Waals surface area (Å²) in [5.41, 5.74) is 2.35. The smallest absolute Gasteiger partial charge is 0.128 e. The molecule has 0 saturated carbocycles.